The Kier molecular flexibility index (Phi) is 7.18. The molecule has 0 aliphatic heterocycles. The lowest BCUT2D eigenvalue weighted by atomic mass is 9.96. The van der Waals surface area contributed by atoms with E-state index in [1.165, 1.54) is 43.8 Å². The number of para-hydroxylation sites is 2. The van der Waals surface area contributed by atoms with Crippen LogP contribution in [-0.4, -0.2) is 0 Å². The largest absolute Gasteiger partial charge is 0.456 e. The molecule has 0 radical (unpaired) electrons. The zero-order valence-corrected chi connectivity index (χ0v) is 28.4. The molecule has 10 aromatic rings. The average Bonchev–Trinajstić information content (AvgIpc) is 3.59. The number of hydrogen-bond donors (Lipinski definition) is 0. The average molecular weight is 664 g/mol. The molecule has 0 saturated carbocycles. The first-order chi connectivity index (χ1) is 25.7. The van der Waals surface area contributed by atoms with Crippen LogP contribution in [-0.2, 0) is 0 Å². The van der Waals surface area contributed by atoms with Crippen molar-refractivity contribution in [2.75, 3.05) is 4.90 Å². The van der Waals surface area contributed by atoms with Crippen LogP contribution in [0, 0.1) is 0 Å². The Morgan fingerprint density at radius 2 is 0.865 bits per heavy atom. The molecule has 0 unspecified atom stereocenters. The first kappa shape index (κ1) is 30.0. The normalized spacial score (nSPS) is 11.5. The lowest BCUT2D eigenvalue weighted by Gasteiger charge is -2.28. The summed E-state index contributed by atoms with van der Waals surface area (Å²) in [6.45, 7) is 0. The van der Waals surface area contributed by atoms with Crippen LogP contribution >= 0.6 is 0 Å². The fourth-order valence-corrected chi connectivity index (χ4v) is 7.61. The molecule has 0 bridgehead atoms. The van der Waals surface area contributed by atoms with Crippen molar-refractivity contribution in [1.82, 2.24) is 0 Å². The van der Waals surface area contributed by atoms with Gasteiger partial charge in [0.05, 0.1) is 5.69 Å². The highest BCUT2D eigenvalue weighted by molar-refractivity contribution is 6.06. The molecule has 1 heterocycles. The molecule has 0 spiro atoms. The standard InChI is InChI=1S/C50H33NO/c1-2-12-35(13-3-1)45-17-6-8-19-48(45)51(44-27-28-47-46-18-7-9-20-49(46)52-50(47)33-44)43-16-10-15-37(32-43)38-23-24-42-31-41(26-25-40(42)30-38)39-22-21-34-11-4-5-14-36(34)29-39/h1-33H. The fraction of sp³-hybridized carbons (Fsp3) is 0. The topological polar surface area (TPSA) is 16.4 Å². The highest BCUT2D eigenvalue weighted by atomic mass is 16.3. The molecule has 10 rings (SSSR count). The molecule has 2 heteroatoms. The van der Waals surface area contributed by atoms with Crippen LogP contribution in [0.4, 0.5) is 17.1 Å². The summed E-state index contributed by atoms with van der Waals surface area (Å²) in [7, 11) is 0. The van der Waals surface area contributed by atoms with Gasteiger partial charge in [0.2, 0.25) is 0 Å². The van der Waals surface area contributed by atoms with Gasteiger partial charge in [0.25, 0.3) is 0 Å². The number of furan rings is 1. The Balaban J connectivity index is 1.08. The highest BCUT2D eigenvalue weighted by Gasteiger charge is 2.19. The zero-order chi connectivity index (χ0) is 34.4. The molecule has 0 aliphatic rings. The van der Waals surface area contributed by atoms with Crippen molar-refractivity contribution in [3.05, 3.63) is 200 Å². The molecule has 0 saturated heterocycles. The van der Waals surface area contributed by atoms with Crippen LogP contribution in [0.3, 0.4) is 0 Å². The predicted octanol–water partition coefficient (Wildman–Crippen LogP) is 14.4. The monoisotopic (exact) mass is 663 g/mol. The second-order valence-corrected chi connectivity index (χ2v) is 13.4. The van der Waals surface area contributed by atoms with Crippen LogP contribution < -0.4 is 4.90 Å². The quantitative estimate of drug-likeness (QED) is 0.176. The molecule has 1 aromatic heterocycles. The third-order valence-corrected chi connectivity index (χ3v) is 10.2. The van der Waals surface area contributed by atoms with Crippen LogP contribution in [0.5, 0.6) is 0 Å². The van der Waals surface area contributed by atoms with Gasteiger partial charge in [0.15, 0.2) is 0 Å². The van der Waals surface area contributed by atoms with Gasteiger partial charge in [-0.15, -0.1) is 0 Å². The second kappa shape index (κ2) is 12.5. The summed E-state index contributed by atoms with van der Waals surface area (Å²) >= 11 is 0. The summed E-state index contributed by atoms with van der Waals surface area (Å²) < 4.78 is 6.39. The third kappa shape index (κ3) is 5.30. The predicted molar refractivity (Wildman–Crippen MR) is 220 cm³/mol. The molecule has 244 valence electrons. The lowest BCUT2D eigenvalue weighted by molar-refractivity contribution is 0.669. The number of anilines is 3. The van der Waals surface area contributed by atoms with E-state index in [4.69, 9.17) is 4.42 Å². The zero-order valence-electron chi connectivity index (χ0n) is 28.4. The summed E-state index contributed by atoms with van der Waals surface area (Å²) in [5, 5.41) is 7.20. The van der Waals surface area contributed by atoms with E-state index in [0.717, 1.165) is 50.1 Å². The van der Waals surface area contributed by atoms with Crippen molar-refractivity contribution in [1.29, 1.82) is 0 Å². The molecule has 0 fully saturated rings. The minimum absolute atomic E-state index is 0.870. The summed E-state index contributed by atoms with van der Waals surface area (Å²) in [6.07, 6.45) is 0. The molecular weight excluding hydrogens is 631 g/mol. The third-order valence-electron chi connectivity index (χ3n) is 10.2. The lowest BCUT2D eigenvalue weighted by Crippen LogP contribution is -2.11. The highest BCUT2D eigenvalue weighted by Crippen LogP contribution is 2.43. The molecule has 0 N–H and O–H groups in total. The molecule has 2 nitrogen and oxygen atoms in total. The minimum atomic E-state index is 0.870. The van der Waals surface area contributed by atoms with Gasteiger partial charge in [-0.25, -0.2) is 0 Å². The second-order valence-electron chi connectivity index (χ2n) is 13.4. The Bertz CT molecular complexity index is 2920. The molecule has 52 heavy (non-hydrogen) atoms. The molecule has 0 aliphatic carbocycles. The first-order valence-corrected chi connectivity index (χ1v) is 17.7. The summed E-state index contributed by atoms with van der Waals surface area (Å²) in [4.78, 5) is 2.36. The van der Waals surface area contributed by atoms with Gasteiger partial charge >= 0.3 is 0 Å². The molecular formula is C50H33NO. The van der Waals surface area contributed by atoms with Gasteiger partial charge in [0.1, 0.15) is 11.2 Å². The molecule has 0 atom stereocenters. The van der Waals surface area contributed by atoms with Crippen molar-refractivity contribution in [3.8, 4) is 33.4 Å². The molecule has 0 amide bonds. The van der Waals surface area contributed by atoms with Crippen LogP contribution in [0.15, 0.2) is 205 Å². The summed E-state index contributed by atoms with van der Waals surface area (Å²) in [5.41, 5.74) is 12.1. The van der Waals surface area contributed by atoms with Crippen molar-refractivity contribution < 1.29 is 4.42 Å². The van der Waals surface area contributed by atoms with E-state index in [1.54, 1.807) is 0 Å². The summed E-state index contributed by atoms with van der Waals surface area (Å²) in [6, 6.07) is 71.8. The Labute approximate surface area is 302 Å². The number of benzene rings is 9. The van der Waals surface area contributed by atoms with Gasteiger partial charge in [-0.1, -0.05) is 140 Å². The van der Waals surface area contributed by atoms with Crippen molar-refractivity contribution in [2.24, 2.45) is 0 Å². The Morgan fingerprint density at radius 1 is 0.308 bits per heavy atom. The van der Waals surface area contributed by atoms with E-state index in [9.17, 15) is 0 Å². The van der Waals surface area contributed by atoms with Crippen molar-refractivity contribution in [3.63, 3.8) is 0 Å². The maximum atomic E-state index is 6.39. The van der Waals surface area contributed by atoms with Gasteiger partial charge in [-0.05, 0) is 104 Å². The fourth-order valence-electron chi connectivity index (χ4n) is 7.61. The van der Waals surface area contributed by atoms with E-state index < -0.39 is 0 Å². The number of rotatable bonds is 6. The van der Waals surface area contributed by atoms with Crippen LogP contribution in [0.1, 0.15) is 0 Å². The minimum Gasteiger partial charge on any atom is -0.456 e. The first-order valence-electron chi connectivity index (χ1n) is 17.7. The van der Waals surface area contributed by atoms with Gasteiger partial charge in [0, 0.05) is 33.8 Å². The van der Waals surface area contributed by atoms with Gasteiger partial charge < -0.3 is 9.32 Å². The molecule has 9 aromatic carbocycles. The van der Waals surface area contributed by atoms with E-state index in [1.807, 2.05) is 12.1 Å². The van der Waals surface area contributed by atoms with Crippen molar-refractivity contribution >= 4 is 60.5 Å². The maximum absolute atomic E-state index is 6.39. The number of nitrogens with zero attached hydrogens (tertiary/aromatic N) is 1. The Hall–Kier alpha value is -6.90. The smallest absolute Gasteiger partial charge is 0.137 e. The van der Waals surface area contributed by atoms with Crippen LogP contribution in [0.2, 0.25) is 0 Å². The van der Waals surface area contributed by atoms with E-state index in [2.05, 4.69) is 193 Å². The van der Waals surface area contributed by atoms with E-state index in [-0.39, 0.29) is 0 Å². The van der Waals surface area contributed by atoms with E-state index in [0.29, 0.717) is 0 Å². The summed E-state index contributed by atoms with van der Waals surface area (Å²) in [5.74, 6) is 0. The van der Waals surface area contributed by atoms with Gasteiger partial charge in [-0.2, -0.15) is 0 Å². The Morgan fingerprint density at radius 3 is 1.65 bits per heavy atom. The SMILES string of the molecule is c1ccc(-c2ccccc2N(c2cccc(-c3ccc4cc(-c5ccc6ccccc6c5)ccc4c3)c2)c2ccc3c(c2)oc2ccccc23)cc1. The van der Waals surface area contributed by atoms with Crippen LogP contribution in [0.25, 0.3) is 76.9 Å². The maximum Gasteiger partial charge on any atom is 0.137 e. The van der Waals surface area contributed by atoms with Gasteiger partial charge in [-0.3, -0.25) is 0 Å². The van der Waals surface area contributed by atoms with Crippen molar-refractivity contribution in [2.45, 2.75) is 0 Å². The number of fused-ring (bicyclic) bond motifs is 5. The number of hydrogen-bond acceptors (Lipinski definition) is 2. The van der Waals surface area contributed by atoms with E-state index >= 15 is 0 Å².